The van der Waals surface area contributed by atoms with E-state index in [1.807, 2.05) is 0 Å². The van der Waals surface area contributed by atoms with Crippen LogP contribution in [-0.2, 0) is 6.61 Å². The number of non-ortho nitro benzene ring substituents is 1. The number of benzene rings is 2. The van der Waals surface area contributed by atoms with E-state index in [0.717, 1.165) is 0 Å². The molecule has 2 rings (SSSR count). The van der Waals surface area contributed by atoms with Gasteiger partial charge in [0, 0.05) is 16.7 Å². The van der Waals surface area contributed by atoms with Crippen LogP contribution in [0.15, 0.2) is 36.4 Å². The second-order valence-corrected chi connectivity index (χ2v) is 4.71. The van der Waals surface area contributed by atoms with Crippen LogP contribution in [0, 0.1) is 15.9 Å². The summed E-state index contributed by atoms with van der Waals surface area (Å²) in [6.07, 6.45) is 0. The molecule has 0 atom stereocenters. The van der Waals surface area contributed by atoms with Crippen LogP contribution >= 0.6 is 23.2 Å². The van der Waals surface area contributed by atoms with Gasteiger partial charge < -0.3 is 4.74 Å². The van der Waals surface area contributed by atoms with Crippen molar-refractivity contribution in [3.63, 3.8) is 0 Å². The molecule has 4 nitrogen and oxygen atoms in total. The Morgan fingerprint density at radius 1 is 1.15 bits per heavy atom. The molecule has 2 aromatic rings. The zero-order valence-electron chi connectivity index (χ0n) is 9.98. The Bertz CT molecular complexity index is 664. The molecule has 0 aliphatic carbocycles. The molecule has 0 aromatic heterocycles. The Morgan fingerprint density at radius 3 is 2.55 bits per heavy atom. The molecule has 0 aliphatic heterocycles. The van der Waals surface area contributed by atoms with Gasteiger partial charge in [0.25, 0.3) is 5.69 Å². The fourth-order valence-corrected chi connectivity index (χ4v) is 1.87. The highest BCUT2D eigenvalue weighted by Gasteiger charge is 2.11. The van der Waals surface area contributed by atoms with E-state index in [0.29, 0.717) is 10.6 Å². The van der Waals surface area contributed by atoms with E-state index in [2.05, 4.69) is 0 Å². The number of hydrogen-bond donors (Lipinski definition) is 0. The number of nitro benzene ring substituents is 1. The minimum absolute atomic E-state index is 0.0442. The summed E-state index contributed by atoms with van der Waals surface area (Å²) in [5.74, 6) is -0.306. The van der Waals surface area contributed by atoms with Crippen molar-refractivity contribution in [1.29, 1.82) is 0 Å². The molecule has 0 spiro atoms. The lowest BCUT2D eigenvalue weighted by atomic mass is 10.2. The van der Waals surface area contributed by atoms with Crippen LogP contribution in [0.4, 0.5) is 10.1 Å². The van der Waals surface area contributed by atoms with E-state index in [1.54, 1.807) is 0 Å². The van der Waals surface area contributed by atoms with Crippen molar-refractivity contribution in [3.8, 4) is 5.75 Å². The molecule has 0 unspecified atom stereocenters. The molecular weight excluding hydrogens is 308 g/mol. The minimum atomic E-state index is -0.557. The molecule has 0 fully saturated rings. The van der Waals surface area contributed by atoms with Gasteiger partial charge in [0.2, 0.25) is 0 Å². The monoisotopic (exact) mass is 315 g/mol. The zero-order valence-corrected chi connectivity index (χ0v) is 11.5. The fraction of sp³-hybridized carbons (Fsp3) is 0.0769. The third-order valence-electron chi connectivity index (χ3n) is 2.52. The molecular formula is C13H8Cl2FNO3. The predicted octanol–water partition coefficient (Wildman–Crippen LogP) is 4.62. The van der Waals surface area contributed by atoms with E-state index >= 15 is 0 Å². The largest absolute Gasteiger partial charge is 0.487 e. The molecule has 0 saturated carbocycles. The third-order valence-corrected chi connectivity index (χ3v) is 3.20. The average molecular weight is 316 g/mol. The van der Waals surface area contributed by atoms with Gasteiger partial charge in [-0.25, -0.2) is 4.39 Å². The summed E-state index contributed by atoms with van der Waals surface area (Å²) in [5, 5.41) is 11.2. The van der Waals surface area contributed by atoms with Gasteiger partial charge in [-0.1, -0.05) is 23.2 Å². The van der Waals surface area contributed by atoms with Crippen LogP contribution in [0.2, 0.25) is 10.0 Å². The maximum Gasteiger partial charge on any atom is 0.273 e. The Labute approximate surface area is 123 Å². The summed E-state index contributed by atoms with van der Waals surface area (Å²) in [6.45, 7) is -0.0442. The van der Waals surface area contributed by atoms with Crippen LogP contribution < -0.4 is 4.74 Å². The van der Waals surface area contributed by atoms with Crippen LogP contribution in [0.25, 0.3) is 0 Å². The first-order valence-corrected chi connectivity index (χ1v) is 6.23. The number of ether oxygens (including phenoxy) is 1. The van der Waals surface area contributed by atoms with E-state index in [9.17, 15) is 14.5 Å². The van der Waals surface area contributed by atoms with Crippen molar-refractivity contribution < 1.29 is 14.1 Å². The summed E-state index contributed by atoms with van der Waals surface area (Å²) < 4.78 is 18.5. The van der Waals surface area contributed by atoms with Gasteiger partial charge in [0.05, 0.1) is 16.0 Å². The van der Waals surface area contributed by atoms with E-state index in [4.69, 9.17) is 27.9 Å². The normalized spacial score (nSPS) is 10.3. The quantitative estimate of drug-likeness (QED) is 0.611. The summed E-state index contributed by atoms with van der Waals surface area (Å²) in [4.78, 5) is 10.1. The highest BCUT2D eigenvalue weighted by molar-refractivity contribution is 6.32. The highest BCUT2D eigenvalue weighted by atomic mass is 35.5. The van der Waals surface area contributed by atoms with Crippen LogP contribution in [0.5, 0.6) is 5.75 Å². The van der Waals surface area contributed by atoms with Crippen LogP contribution in [0.3, 0.4) is 0 Å². The predicted molar refractivity (Wildman–Crippen MR) is 73.8 cm³/mol. The first kappa shape index (κ1) is 14.6. The molecule has 0 N–H and O–H groups in total. The van der Waals surface area contributed by atoms with Crippen LogP contribution in [-0.4, -0.2) is 4.92 Å². The molecule has 7 heteroatoms. The minimum Gasteiger partial charge on any atom is -0.487 e. The summed E-state index contributed by atoms with van der Waals surface area (Å²) >= 11 is 11.8. The summed E-state index contributed by atoms with van der Waals surface area (Å²) in [5.41, 5.74) is 0.281. The Kier molecular flexibility index (Phi) is 4.42. The van der Waals surface area contributed by atoms with E-state index in [-0.39, 0.29) is 23.1 Å². The molecule has 2 aromatic carbocycles. The van der Waals surface area contributed by atoms with E-state index < -0.39 is 10.7 Å². The maximum atomic E-state index is 13.1. The lowest BCUT2D eigenvalue weighted by Gasteiger charge is -2.09. The molecule has 0 aliphatic rings. The number of nitro groups is 1. The third kappa shape index (κ3) is 3.37. The van der Waals surface area contributed by atoms with Crippen molar-refractivity contribution in [2.24, 2.45) is 0 Å². The second-order valence-electron chi connectivity index (χ2n) is 3.90. The number of halogens is 3. The van der Waals surface area contributed by atoms with Crippen molar-refractivity contribution in [1.82, 2.24) is 0 Å². The highest BCUT2D eigenvalue weighted by Crippen LogP contribution is 2.30. The van der Waals surface area contributed by atoms with Crippen molar-refractivity contribution in [2.45, 2.75) is 6.61 Å². The van der Waals surface area contributed by atoms with Gasteiger partial charge in [0.1, 0.15) is 18.2 Å². The molecule has 104 valence electrons. The van der Waals surface area contributed by atoms with Crippen molar-refractivity contribution >= 4 is 28.9 Å². The van der Waals surface area contributed by atoms with Gasteiger partial charge in [0.15, 0.2) is 0 Å². The van der Waals surface area contributed by atoms with Gasteiger partial charge >= 0.3 is 0 Å². The smallest absolute Gasteiger partial charge is 0.273 e. The first-order valence-electron chi connectivity index (χ1n) is 5.48. The van der Waals surface area contributed by atoms with Crippen molar-refractivity contribution in [2.75, 3.05) is 0 Å². The molecule has 0 bridgehead atoms. The summed E-state index contributed by atoms with van der Waals surface area (Å²) in [7, 11) is 0. The van der Waals surface area contributed by atoms with Gasteiger partial charge in [-0.15, -0.1) is 0 Å². The lowest BCUT2D eigenvalue weighted by molar-refractivity contribution is -0.384. The number of rotatable bonds is 4. The fourth-order valence-electron chi connectivity index (χ4n) is 1.53. The SMILES string of the molecule is O=[N+]([O-])c1ccc(Cl)c(OCc2cc(F)ccc2Cl)c1. The molecule has 20 heavy (non-hydrogen) atoms. The Morgan fingerprint density at radius 2 is 1.85 bits per heavy atom. The molecule has 0 amide bonds. The van der Waals surface area contributed by atoms with Gasteiger partial charge in [-0.05, 0) is 24.3 Å². The zero-order chi connectivity index (χ0) is 14.7. The topological polar surface area (TPSA) is 52.4 Å². The second kappa shape index (κ2) is 6.07. The molecule has 0 heterocycles. The average Bonchev–Trinajstić information content (AvgIpc) is 2.41. The standard InChI is InChI=1S/C13H8Cl2FNO3/c14-11-3-1-9(16)5-8(11)7-20-13-6-10(17(18)19)2-4-12(13)15/h1-6H,7H2. The molecule has 0 saturated heterocycles. The maximum absolute atomic E-state index is 13.1. The van der Waals surface area contributed by atoms with Crippen LogP contribution in [0.1, 0.15) is 5.56 Å². The Hall–Kier alpha value is -1.85. The number of nitrogens with zero attached hydrogens (tertiary/aromatic N) is 1. The van der Waals surface area contributed by atoms with Gasteiger partial charge in [-0.2, -0.15) is 0 Å². The lowest BCUT2D eigenvalue weighted by Crippen LogP contribution is -1.98. The van der Waals surface area contributed by atoms with Crippen molar-refractivity contribution in [3.05, 3.63) is 67.9 Å². The Balaban J connectivity index is 2.20. The number of hydrogen-bond acceptors (Lipinski definition) is 3. The van der Waals surface area contributed by atoms with E-state index in [1.165, 1.54) is 36.4 Å². The molecule has 0 radical (unpaired) electrons. The summed E-state index contributed by atoms with van der Waals surface area (Å²) in [6, 6.07) is 7.70. The first-order chi connectivity index (χ1) is 9.47. The van der Waals surface area contributed by atoms with Gasteiger partial charge in [-0.3, -0.25) is 10.1 Å².